The Kier molecular flexibility index (Phi) is 6.99. The molecule has 2 aromatic heterocycles. The number of hydrogen-bond acceptors (Lipinski definition) is 8. The highest BCUT2D eigenvalue weighted by molar-refractivity contribution is 6.36. The lowest BCUT2D eigenvalue weighted by Crippen LogP contribution is -2.36. The highest BCUT2D eigenvalue weighted by atomic mass is 35.5. The number of nitrogen functional groups attached to an aromatic ring is 1. The number of aromatic nitrogens is 2. The topological polar surface area (TPSA) is 123 Å². The maximum atomic E-state index is 8.68. The number of anilines is 2. The molecule has 1 aliphatic rings. The fourth-order valence-electron chi connectivity index (χ4n) is 3.54. The number of nitrogens with one attached hydrogen (secondary N) is 1. The lowest BCUT2D eigenvalue weighted by atomic mass is 10.0. The van der Waals surface area contributed by atoms with E-state index >= 15 is 0 Å². The number of nitrogens with zero attached hydrogens (tertiary/aromatic N) is 3. The van der Waals surface area contributed by atoms with Gasteiger partial charge in [-0.05, 0) is 37.3 Å². The van der Waals surface area contributed by atoms with E-state index in [2.05, 4.69) is 14.9 Å². The molecule has 0 saturated carbocycles. The molecule has 3 heterocycles. The largest absolute Gasteiger partial charge is 0.471 e. The van der Waals surface area contributed by atoms with Crippen molar-refractivity contribution in [2.24, 2.45) is 5.73 Å². The van der Waals surface area contributed by atoms with Crippen molar-refractivity contribution in [2.45, 2.75) is 13.2 Å². The Balaban J connectivity index is 1.55. The van der Waals surface area contributed by atoms with Gasteiger partial charge in [0.25, 0.3) is 0 Å². The Morgan fingerprint density at radius 1 is 1.15 bits per heavy atom. The number of aryl methyl sites for hydroxylation is 1. The van der Waals surface area contributed by atoms with E-state index in [4.69, 9.17) is 49.6 Å². The van der Waals surface area contributed by atoms with Crippen LogP contribution in [0.3, 0.4) is 0 Å². The molecule has 3 aromatic rings. The van der Waals surface area contributed by atoms with Crippen LogP contribution >= 0.6 is 23.2 Å². The summed E-state index contributed by atoms with van der Waals surface area (Å²) >= 11 is 12.6. The molecule has 0 aliphatic carbocycles. The molecule has 1 fully saturated rings. The Morgan fingerprint density at radius 3 is 2.61 bits per heavy atom. The third-order valence-electron chi connectivity index (χ3n) is 5.40. The maximum Gasteiger partial charge on any atom is 0.177 e. The van der Waals surface area contributed by atoms with Gasteiger partial charge in [0.05, 0.1) is 34.7 Å². The average molecular weight is 487 g/mol. The van der Waals surface area contributed by atoms with Gasteiger partial charge < -0.3 is 20.1 Å². The summed E-state index contributed by atoms with van der Waals surface area (Å²) in [6.07, 6.45) is 2.23. The Bertz CT molecular complexity index is 1170. The van der Waals surface area contributed by atoms with Crippen molar-refractivity contribution >= 4 is 40.4 Å². The maximum absolute atomic E-state index is 8.68. The molecule has 1 aromatic carbocycles. The minimum absolute atomic E-state index is 0.225. The normalized spacial score (nSPS) is 14.7. The highest BCUT2D eigenvalue weighted by Gasteiger charge is 2.20. The summed E-state index contributed by atoms with van der Waals surface area (Å²) in [7, 11) is 0. The van der Waals surface area contributed by atoms with E-state index in [9.17, 15) is 0 Å². The molecular weight excluding hydrogens is 463 g/mol. The number of pyridine rings is 2. The van der Waals surface area contributed by atoms with E-state index in [0.717, 1.165) is 18.9 Å². The third kappa shape index (κ3) is 5.04. The zero-order valence-electron chi connectivity index (χ0n) is 18.0. The van der Waals surface area contributed by atoms with E-state index in [1.807, 2.05) is 12.1 Å². The van der Waals surface area contributed by atoms with Crippen LogP contribution in [0.5, 0.6) is 5.75 Å². The van der Waals surface area contributed by atoms with Crippen molar-refractivity contribution in [1.82, 2.24) is 9.97 Å². The van der Waals surface area contributed by atoms with Crippen molar-refractivity contribution in [3.8, 4) is 5.75 Å². The molecule has 1 aliphatic heterocycles. The first-order chi connectivity index (χ1) is 15.8. The smallest absolute Gasteiger partial charge is 0.177 e. The Hall–Kier alpha value is -2.91. The van der Waals surface area contributed by atoms with Crippen LogP contribution in [-0.2, 0) is 4.74 Å². The first-order valence-electron chi connectivity index (χ1n) is 10.4. The summed E-state index contributed by atoms with van der Waals surface area (Å²) in [5, 5.41) is 9.34. The van der Waals surface area contributed by atoms with Crippen LogP contribution < -0.4 is 21.1 Å². The first kappa shape index (κ1) is 23.3. The van der Waals surface area contributed by atoms with Gasteiger partial charge in [0.2, 0.25) is 0 Å². The molecule has 0 spiro atoms. The van der Waals surface area contributed by atoms with Gasteiger partial charge in [-0.2, -0.15) is 0 Å². The van der Waals surface area contributed by atoms with Gasteiger partial charge in [-0.1, -0.05) is 23.2 Å². The molecule has 33 heavy (non-hydrogen) atoms. The number of nitrogens with two attached hydrogens (primary N) is 2. The highest BCUT2D eigenvalue weighted by Crippen LogP contribution is 2.33. The zero-order chi connectivity index (χ0) is 23.5. The monoisotopic (exact) mass is 486 g/mol. The van der Waals surface area contributed by atoms with Gasteiger partial charge in [-0.15, -0.1) is 0 Å². The Morgan fingerprint density at radius 2 is 1.91 bits per heavy atom. The number of hydrogen-bond donors (Lipinski definition) is 3. The molecule has 8 nitrogen and oxygen atoms in total. The fourth-order valence-corrected chi connectivity index (χ4v) is 4.10. The fraction of sp³-hybridized carbons (Fsp3) is 0.261. The summed E-state index contributed by atoms with van der Waals surface area (Å²) in [4.78, 5) is 10.8. The average Bonchev–Trinajstić information content (AvgIpc) is 2.83. The van der Waals surface area contributed by atoms with E-state index < -0.39 is 6.23 Å². The SMILES string of the molecule is Cc1ncc(Cl)c([C@@H](N)Oc2ccc(N)c(C(=N)c3ccc(N4CCOCC4)nc3)c2)c1Cl. The van der Waals surface area contributed by atoms with Crippen molar-refractivity contribution in [3.63, 3.8) is 0 Å². The molecule has 172 valence electrons. The predicted octanol–water partition coefficient (Wildman–Crippen LogP) is 3.96. The Labute approximate surface area is 201 Å². The minimum Gasteiger partial charge on any atom is -0.471 e. The predicted molar refractivity (Wildman–Crippen MR) is 131 cm³/mol. The zero-order valence-corrected chi connectivity index (χ0v) is 19.5. The van der Waals surface area contributed by atoms with Crippen LogP contribution in [0.25, 0.3) is 0 Å². The van der Waals surface area contributed by atoms with E-state index in [0.29, 0.717) is 57.1 Å². The van der Waals surface area contributed by atoms with Crippen molar-refractivity contribution in [2.75, 3.05) is 36.9 Å². The van der Waals surface area contributed by atoms with Crippen LogP contribution in [0, 0.1) is 12.3 Å². The molecule has 0 radical (unpaired) electrons. The third-order valence-corrected chi connectivity index (χ3v) is 6.17. The molecule has 4 rings (SSSR count). The second-order valence-corrected chi connectivity index (χ2v) is 8.37. The van der Waals surface area contributed by atoms with Crippen molar-refractivity contribution in [3.05, 3.63) is 75.2 Å². The number of benzene rings is 1. The number of ether oxygens (including phenoxy) is 2. The molecule has 5 N–H and O–H groups in total. The minimum atomic E-state index is -0.924. The van der Waals surface area contributed by atoms with Crippen LogP contribution in [0.2, 0.25) is 10.0 Å². The summed E-state index contributed by atoms with van der Waals surface area (Å²) < 4.78 is 11.3. The lowest BCUT2D eigenvalue weighted by Gasteiger charge is -2.27. The van der Waals surface area contributed by atoms with Crippen LogP contribution in [0.1, 0.15) is 28.6 Å². The van der Waals surface area contributed by atoms with Crippen LogP contribution in [-0.4, -0.2) is 42.0 Å². The first-order valence-corrected chi connectivity index (χ1v) is 11.1. The van der Waals surface area contributed by atoms with Gasteiger partial charge >= 0.3 is 0 Å². The second-order valence-electron chi connectivity index (χ2n) is 7.59. The van der Waals surface area contributed by atoms with Gasteiger partial charge in [-0.25, -0.2) is 4.98 Å². The second kappa shape index (κ2) is 9.93. The molecule has 10 heteroatoms. The number of morpholine rings is 1. The molecule has 0 unspecified atom stereocenters. The van der Waals surface area contributed by atoms with Gasteiger partial charge in [-0.3, -0.25) is 16.1 Å². The van der Waals surface area contributed by atoms with Gasteiger partial charge in [0.1, 0.15) is 11.6 Å². The molecule has 0 amide bonds. The van der Waals surface area contributed by atoms with Crippen LogP contribution in [0.4, 0.5) is 11.5 Å². The summed E-state index contributed by atoms with van der Waals surface area (Å²) in [6.45, 7) is 4.71. The quantitative estimate of drug-likeness (QED) is 0.273. The summed E-state index contributed by atoms with van der Waals surface area (Å²) in [6, 6.07) is 8.78. The molecule has 1 saturated heterocycles. The summed E-state index contributed by atoms with van der Waals surface area (Å²) in [5.41, 5.74) is 15.2. The number of halogens is 2. The molecule has 1 atom stereocenters. The van der Waals surface area contributed by atoms with Crippen molar-refractivity contribution in [1.29, 1.82) is 5.41 Å². The molecular formula is C23H24Cl2N6O2. The van der Waals surface area contributed by atoms with Gasteiger partial charge in [0, 0.05) is 47.9 Å². The van der Waals surface area contributed by atoms with E-state index in [1.165, 1.54) is 6.20 Å². The lowest BCUT2D eigenvalue weighted by molar-refractivity contribution is 0.122. The standard InChI is InChI=1S/C23H24Cl2N6O2/c1-13-21(25)20(17(24)12-29-13)23(28)33-15-3-4-18(26)16(10-15)22(27)14-2-5-19(30-11-14)31-6-8-32-9-7-31/h2-5,10-12,23,27H,6-9,26,28H2,1H3/t23-/m0/s1. The van der Waals surface area contributed by atoms with Gasteiger partial charge in [0.15, 0.2) is 6.23 Å². The summed E-state index contributed by atoms with van der Waals surface area (Å²) in [5.74, 6) is 1.28. The van der Waals surface area contributed by atoms with Crippen LogP contribution in [0.15, 0.2) is 42.7 Å². The molecule has 0 bridgehead atoms. The van der Waals surface area contributed by atoms with Crippen molar-refractivity contribution < 1.29 is 9.47 Å². The van der Waals surface area contributed by atoms with E-state index in [1.54, 1.807) is 31.3 Å². The number of rotatable bonds is 6. The van der Waals surface area contributed by atoms with E-state index in [-0.39, 0.29) is 5.71 Å².